The highest BCUT2D eigenvalue weighted by Gasteiger charge is 2.12. The summed E-state index contributed by atoms with van der Waals surface area (Å²) in [4.78, 5) is 11.8. The van der Waals surface area contributed by atoms with Gasteiger partial charge in [0.25, 0.3) is 5.91 Å². The molecule has 0 aliphatic heterocycles. The fraction of sp³-hybridized carbons (Fsp3) is 0.562. The first-order valence-electron chi connectivity index (χ1n) is 7.29. The number of rotatable bonds is 8. The van der Waals surface area contributed by atoms with Crippen molar-refractivity contribution in [1.29, 1.82) is 0 Å². The van der Waals surface area contributed by atoms with Crippen LogP contribution in [0.15, 0.2) is 18.2 Å². The van der Waals surface area contributed by atoms with Gasteiger partial charge in [0, 0.05) is 6.04 Å². The number of benzene rings is 1. The van der Waals surface area contributed by atoms with Gasteiger partial charge in [0.15, 0.2) is 18.1 Å². The predicted octanol–water partition coefficient (Wildman–Crippen LogP) is 2.43. The van der Waals surface area contributed by atoms with Crippen LogP contribution in [0.3, 0.4) is 0 Å². The number of carbonyl (C=O) groups excluding carboxylic acids is 1. The van der Waals surface area contributed by atoms with Crippen molar-refractivity contribution in [2.45, 2.75) is 45.8 Å². The van der Waals surface area contributed by atoms with Crippen molar-refractivity contribution in [1.82, 2.24) is 5.32 Å². The van der Waals surface area contributed by atoms with Crippen LogP contribution in [0.25, 0.3) is 0 Å². The summed E-state index contributed by atoms with van der Waals surface area (Å²) in [6, 6.07) is 5.34. The maximum absolute atomic E-state index is 11.8. The largest absolute Gasteiger partial charge is 0.493 e. The normalized spacial score (nSPS) is 12.1. The molecule has 5 heteroatoms. The van der Waals surface area contributed by atoms with Crippen molar-refractivity contribution < 1.29 is 19.4 Å². The third-order valence-corrected chi connectivity index (χ3v) is 3.38. The second-order valence-electron chi connectivity index (χ2n) is 4.96. The van der Waals surface area contributed by atoms with E-state index in [1.54, 1.807) is 25.1 Å². The molecule has 0 aliphatic rings. The summed E-state index contributed by atoms with van der Waals surface area (Å²) < 4.78 is 10.7. The molecule has 0 radical (unpaired) electrons. The van der Waals surface area contributed by atoms with Gasteiger partial charge in [0.05, 0.1) is 13.2 Å². The fourth-order valence-corrected chi connectivity index (χ4v) is 1.97. The van der Waals surface area contributed by atoms with Crippen molar-refractivity contribution in [2.75, 3.05) is 13.7 Å². The SMILES string of the molecule is CCC(CC)NC(=O)COc1ccc([C@@H](C)O)cc1OC. The number of carbonyl (C=O) groups is 1. The number of amides is 1. The Kier molecular flexibility index (Phi) is 7.02. The molecule has 2 N–H and O–H groups in total. The minimum atomic E-state index is -0.578. The van der Waals surface area contributed by atoms with Gasteiger partial charge in [0.2, 0.25) is 0 Å². The third-order valence-electron chi connectivity index (χ3n) is 3.38. The van der Waals surface area contributed by atoms with Crippen molar-refractivity contribution >= 4 is 5.91 Å². The van der Waals surface area contributed by atoms with Crippen LogP contribution in [0.1, 0.15) is 45.3 Å². The van der Waals surface area contributed by atoms with E-state index in [9.17, 15) is 9.90 Å². The van der Waals surface area contributed by atoms with E-state index in [1.165, 1.54) is 7.11 Å². The molecule has 0 bridgehead atoms. The highest BCUT2D eigenvalue weighted by Crippen LogP contribution is 2.30. The summed E-state index contributed by atoms with van der Waals surface area (Å²) in [5.41, 5.74) is 0.737. The van der Waals surface area contributed by atoms with Crippen LogP contribution >= 0.6 is 0 Å². The Bertz CT molecular complexity index is 456. The first-order chi connectivity index (χ1) is 10.0. The number of methoxy groups -OCH3 is 1. The van der Waals surface area contributed by atoms with Crippen LogP contribution < -0.4 is 14.8 Å². The van der Waals surface area contributed by atoms with E-state index in [0.29, 0.717) is 11.5 Å². The molecular formula is C16H25NO4. The summed E-state index contributed by atoms with van der Waals surface area (Å²) >= 11 is 0. The number of ether oxygens (including phenoxy) is 2. The second-order valence-corrected chi connectivity index (χ2v) is 4.96. The fourth-order valence-electron chi connectivity index (χ4n) is 1.97. The van der Waals surface area contributed by atoms with E-state index in [4.69, 9.17) is 9.47 Å². The van der Waals surface area contributed by atoms with Crippen LogP contribution in [0.2, 0.25) is 0 Å². The van der Waals surface area contributed by atoms with Crippen LogP contribution in [0.4, 0.5) is 0 Å². The van der Waals surface area contributed by atoms with E-state index in [-0.39, 0.29) is 18.6 Å². The van der Waals surface area contributed by atoms with E-state index in [1.807, 2.05) is 13.8 Å². The van der Waals surface area contributed by atoms with Crippen molar-refractivity contribution in [2.24, 2.45) is 0 Å². The van der Waals surface area contributed by atoms with Gasteiger partial charge >= 0.3 is 0 Å². The Hall–Kier alpha value is -1.75. The van der Waals surface area contributed by atoms with Crippen LogP contribution in [-0.4, -0.2) is 30.8 Å². The highest BCUT2D eigenvalue weighted by atomic mass is 16.5. The van der Waals surface area contributed by atoms with Crippen molar-refractivity contribution in [3.05, 3.63) is 23.8 Å². The molecule has 1 aromatic carbocycles. The Morgan fingerprint density at radius 2 is 1.95 bits per heavy atom. The molecule has 5 nitrogen and oxygen atoms in total. The molecule has 0 heterocycles. The van der Waals surface area contributed by atoms with Gasteiger partial charge in [-0.05, 0) is 37.5 Å². The zero-order valence-electron chi connectivity index (χ0n) is 13.2. The summed E-state index contributed by atoms with van der Waals surface area (Å²) in [5.74, 6) is 0.843. The predicted molar refractivity (Wildman–Crippen MR) is 81.6 cm³/mol. The molecule has 1 aromatic rings. The summed E-state index contributed by atoms with van der Waals surface area (Å²) in [6.07, 6.45) is 1.22. The first-order valence-corrected chi connectivity index (χ1v) is 7.29. The van der Waals surface area contributed by atoms with Gasteiger partial charge < -0.3 is 19.9 Å². The lowest BCUT2D eigenvalue weighted by molar-refractivity contribution is -0.123. The number of hydrogen-bond acceptors (Lipinski definition) is 4. The van der Waals surface area contributed by atoms with E-state index >= 15 is 0 Å². The Labute approximate surface area is 126 Å². The standard InChI is InChI=1S/C16H25NO4/c1-5-13(6-2)17-16(19)10-21-14-8-7-12(11(3)18)9-15(14)20-4/h7-9,11,13,18H,5-6,10H2,1-4H3,(H,17,19)/t11-/m1/s1. The van der Waals surface area contributed by atoms with Crippen LogP contribution in [-0.2, 0) is 4.79 Å². The zero-order chi connectivity index (χ0) is 15.8. The molecule has 21 heavy (non-hydrogen) atoms. The third kappa shape index (κ3) is 5.27. The van der Waals surface area contributed by atoms with Gasteiger partial charge in [-0.25, -0.2) is 0 Å². The van der Waals surface area contributed by atoms with E-state index in [2.05, 4.69) is 5.32 Å². The molecule has 0 unspecified atom stereocenters. The minimum Gasteiger partial charge on any atom is -0.493 e. The molecular weight excluding hydrogens is 270 g/mol. The van der Waals surface area contributed by atoms with Crippen LogP contribution in [0.5, 0.6) is 11.5 Å². The van der Waals surface area contributed by atoms with E-state index < -0.39 is 6.10 Å². The molecule has 0 fully saturated rings. The van der Waals surface area contributed by atoms with Gasteiger partial charge in [-0.3, -0.25) is 4.79 Å². The van der Waals surface area contributed by atoms with Gasteiger partial charge in [-0.15, -0.1) is 0 Å². The number of nitrogens with one attached hydrogen (secondary N) is 1. The van der Waals surface area contributed by atoms with Crippen molar-refractivity contribution in [3.63, 3.8) is 0 Å². The van der Waals surface area contributed by atoms with Gasteiger partial charge in [0.1, 0.15) is 0 Å². The zero-order valence-corrected chi connectivity index (χ0v) is 13.2. The summed E-state index contributed by atoms with van der Waals surface area (Å²) in [7, 11) is 1.53. The second kappa shape index (κ2) is 8.52. The lowest BCUT2D eigenvalue weighted by Gasteiger charge is -2.16. The van der Waals surface area contributed by atoms with Gasteiger partial charge in [-0.2, -0.15) is 0 Å². The molecule has 0 spiro atoms. The summed E-state index contributed by atoms with van der Waals surface area (Å²) in [6.45, 7) is 5.69. The Morgan fingerprint density at radius 3 is 2.48 bits per heavy atom. The quantitative estimate of drug-likeness (QED) is 0.773. The maximum atomic E-state index is 11.8. The molecule has 0 aromatic heterocycles. The summed E-state index contributed by atoms with van der Waals surface area (Å²) in [5, 5.41) is 12.5. The number of aliphatic hydroxyl groups excluding tert-OH is 1. The lowest BCUT2D eigenvalue weighted by atomic mass is 10.1. The molecule has 1 amide bonds. The number of hydrogen-bond donors (Lipinski definition) is 2. The first kappa shape index (κ1) is 17.3. The molecule has 0 saturated heterocycles. The van der Waals surface area contributed by atoms with Crippen molar-refractivity contribution in [3.8, 4) is 11.5 Å². The smallest absolute Gasteiger partial charge is 0.258 e. The van der Waals surface area contributed by atoms with Crippen LogP contribution in [0, 0.1) is 0 Å². The van der Waals surface area contributed by atoms with E-state index in [0.717, 1.165) is 18.4 Å². The molecule has 1 rings (SSSR count). The molecule has 1 atom stereocenters. The lowest BCUT2D eigenvalue weighted by Crippen LogP contribution is -2.37. The molecule has 0 aliphatic carbocycles. The van der Waals surface area contributed by atoms with Gasteiger partial charge in [-0.1, -0.05) is 19.9 Å². The average molecular weight is 295 g/mol. The topological polar surface area (TPSA) is 67.8 Å². The molecule has 0 saturated carbocycles. The maximum Gasteiger partial charge on any atom is 0.258 e. The monoisotopic (exact) mass is 295 g/mol. The number of aliphatic hydroxyl groups is 1. The average Bonchev–Trinajstić information content (AvgIpc) is 2.50. The Balaban J connectivity index is 2.64. The Morgan fingerprint density at radius 1 is 1.29 bits per heavy atom. The molecule has 118 valence electrons. The minimum absolute atomic E-state index is 0.0547. The highest BCUT2D eigenvalue weighted by molar-refractivity contribution is 5.77.